The van der Waals surface area contributed by atoms with E-state index >= 15 is 0 Å². The molecule has 0 saturated carbocycles. The van der Waals surface area contributed by atoms with Crippen LogP contribution in [0.15, 0.2) is 0 Å². The summed E-state index contributed by atoms with van der Waals surface area (Å²) in [6.07, 6.45) is 2.80. The van der Waals surface area contributed by atoms with Crippen molar-refractivity contribution in [2.75, 3.05) is 20.2 Å². The number of hydrogen-bond donors (Lipinski definition) is 0. The van der Waals surface area contributed by atoms with Crippen molar-refractivity contribution in [1.82, 2.24) is 4.90 Å². The summed E-state index contributed by atoms with van der Waals surface area (Å²) in [4.78, 5) is 24.2. The number of carbonyl (C=O) groups excluding carboxylic acids is 2. The molecule has 0 bridgehead atoms. The predicted molar refractivity (Wildman–Crippen MR) is 58.4 cm³/mol. The number of ether oxygens (including phenoxy) is 1. The van der Waals surface area contributed by atoms with Crippen LogP contribution < -0.4 is 0 Å². The standard InChI is InChI=1S/C11H21NO3/c1-4-6-8-12(10(13)5-2)9-7-11(14)15-3/h4-9H2,1-3H3. The predicted octanol–water partition coefficient (Wildman–Crippen LogP) is 1.59. The summed E-state index contributed by atoms with van der Waals surface area (Å²) in [6.45, 7) is 5.12. The minimum absolute atomic E-state index is 0.104. The third-order valence-electron chi connectivity index (χ3n) is 2.25. The Labute approximate surface area is 91.6 Å². The fraction of sp³-hybridized carbons (Fsp3) is 0.818. The molecular weight excluding hydrogens is 194 g/mol. The van der Waals surface area contributed by atoms with Crippen molar-refractivity contribution < 1.29 is 14.3 Å². The lowest BCUT2D eigenvalue weighted by Gasteiger charge is -2.21. The fourth-order valence-corrected chi connectivity index (χ4v) is 1.26. The lowest BCUT2D eigenvalue weighted by Crippen LogP contribution is -2.33. The van der Waals surface area contributed by atoms with Gasteiger partial charge in [0, 0.05) is 19.5 Å². The molecule has 0 radical (unpaired) electrons. The molecule has 0 aliphatic carbocycles. The van der Waals surface area contributed by atoms with Gasteiger partial charge in [-0.3, -0.25) is 9.59 Å². The molecule has 88 valence electrons. The summed E-state index contributed by atoms with van der Waals surface area (Å²) in [7, 11) is 1.36. The Morgan fingerprint density at radius 2 is 1.87 bits per heavy atom. The average molecular weight is 215 g/mol. The van der Waals surface area contributed by atoms with Crippen LogP contribution in [0.1, 0.15) is 39.5 Å². The third kappa shape index (κ3) is 6.10. The fourth-order valence-electron chi connectivity index (χ4n) is 1.26. The topological polar surface area (TPSA) is 46.6 Å². The number of amides is 1. The molecule has 0 aliphatic rings. The van der Waals surface area contributed by atoms with Crippen LogP contribution in [0.4, 0.5) is 0 Å². The lowest BCUT2D eigenvalue weighted by atomic mass is 10.2. The van der Waals surface area contributed by atoms with Crippen LogP contribution in [-0.4, -0.2) is 37.0 Å². The van der Waals surface area contributed by atoms with E-state index in [0.29, 0.717) is 13.0 Å². The van der Waals surface area contributed by atoms with E-state index in [1.807, 2.05) is 6.92 Å². The van der Waals surface area contributed by atoms with Crippen molar-refractivity contribution in [1.29, 1.82) is 0 Å². The minimum Gasteiger partial charge on any atom is -0.469 e. The molecule has 0 saturated heterocycles. The molecule has 0 aromatic heterocycles. The van der Waals surface area contributed by atoms with Crippen molar-refractivity contribution in [3.8, 4) is 0 Å². The van der Waals surface area contributed by atoms with Gasteiger partial charge in [0.05, 0.1) is 13.5 Å². The maximum Gasteiger partial charge on any atom is 0.307 e. The second kappa shape index (κ2) is 8.26. The number of rotatable bonds is 7. The highest BCUT2D eigenvalue weighted by molar-refractivity contribution is 5.76. The maximum absolute atomic E-state index is 11.5. The summed E-state index contributed by atoms with van der Waals surface area (Å²) < 4.78 is 4.54. The van der Waals surface area contributed by atoms with Crippen molar-refractivity contribution in [3.63, 3.8) is 0 Å². The van der Waals surface area contributed by atoms with Gasteiger partial charge in [0.25, 0.3) is 0 Å². The minimum atomic E-state index is -0.264. The van der Waals surface area contributed by atoms with Gasteiger partial charge in [0.1, 0.15) is 0 Å². The number of carbonyl (C=O) groups is 2. The normalized spacial score (nSPS) is 9.80. The maximum atomic E-state index is 11.5. The third-order valence-corrected chi connectivity index (χ3v) is 2.25. The van der Waals surface area contributed by atoms with E-state index in [1.165, 1.54) is 7.11 Å². The van der Waals surface area contributed by atoms with Crippen molar-refractivity contribution in [2.45, 2.75) is 39.5 Å². The molecule has 0 fully saturated rings. The molecule has 0 atom stereocenters. The van der Waals surface area contributed by atoms with Gasteiger partial charge < -0.3 is 9.64 Å². The Bertz CT molecular complexity index is 204. The number of hydrogen-bond acceptors (Lipinski definition) is 3. The zero-order valence-corrected chi connectivity index (χ0v) is 9.91. The molecule has 0 aromatic rings. The van der Waals surface area contributed by atoms with Gasteiger partial charge in [0.15, 0.2) is 0 Å². The summed E-state index contributed by atoms with van der Waals surface area (Å²) >= 11 is 0. The summed E-state index contributed by atoms with van der Waals surface area (Å²) in [5.41, 5.74) is 0. The van der Waals surface area contributed by atoms with Crippen LogP contribution >= 0.6 is 0 Å². The van der Waals surface area contributed by atoms with Crippen molar-refractivity contribution >= 4 is 11.9 Å². The highest BCUT2D eigenvalue weighted by Crippen LogP contribution is 2.00. The second-order valence-electron chi connectivity index (χ2n) is 3.41. The van der Waals surface area contributed by atoms with Gasteiger partial charge in [-0.15, -0.1) is 0 Å². The van der Waals surface area contributed by atoms with Gasteiger partial charge in [-0.25, -0.2) is 0 Å². The molecule has 0 unspecified atom stereocenters. The first-order valence-corrected chi connectivity index (χ1v) is 5.50. The SMILES string of the molecule is CCCCN(CCC(=O)OC)C(=O)CC. The van der Waals surface area contributed by atoms with E-state index in [2.05, 4.69) is 11.7 Å². The lowest BCUT2D eigenvalue weighted by molar-refractivity contribution is -0.141. The zero-order valence-electron chi connectivity index (χ0n) is 9.91. The summed E-state index contributed by atoms with van der Waals surface area (Å²) in [5, 5.41) is 0. The Morgan fingerprint density at radius 3 is 2.33 bits per heavy atom. The molecule has 0 aliphatic heterocycles. The molecule has 0 N–H and O–H groups in total. The first-order valence-electron chi connectivity index (χ1n) is 5.50. The molecule has 0 rings (SSSR count). The summed E-state index contributed by atoms with van der Waals surface area (Å²) in [5.74, 6) is -0.159. The second-order valence-corrected chi connectivity index (χ2v) is 3.41. The van der Waals surface area contributed by atoms with Gasteiger partial charge in [-0.2, -0.15) is 0 Å². The molecular formula is C11H21NO3. The number of esters is 1. The number of nitrogens with zero attached hydrogens (tertiary/aromatic N) is 1. The molecule has 1 amide bonds. The Hall–Kier alpha value is -1.06. The molecule has 0 aromatic carbocycles. The van der Waals surface area contributed by atoms with Crippen LogP contribution in [0.5, 0.6) is 0 Å². The summed E-state index contributed by atoms with van der Waals surface area (Å²) in [6, 6.07) is 0. The van der Waals surface area contributed by atoms with E-state index in [-0.39, 0.29) is 18.3 Å². The van der Waals surface area contributed by atoms with Crippen LogP contribution in [0.3, 0.4) is 0 Å². The first-order chi connectivity index (χ1) is 7.15. The molecule has 0 heterocycles. The van der Waals surface area contributed by atoms with Crippen molar-refractivity contribution in [2.24, 2.45) is 0 Å². The Balaban J connectivity index is 4.00. The average Bonchev–Trinajstić information content (AvgIpc) is 2.27. The van der Waals surface area contributed by atoms with Crippen LogP contribution in [0.2, 0.25) is 0 Å². The Kier molecular flexibility index (Phi) is 7.68. The van der Waals surface area contributed by atoms with Gasteiger partial charge in [0.2, 0.25) is 5.91 Å². The molecule has 4 heteroatoms. The molecule has 0 spiro atoms. The van der Waals surface area contributed by atoms with E-state index in [4.69, 9.17) is 0 Å². The monoisotopic (exact) mass is 215 g/mol. The highest BCUT2D eigenvalue weighted by atomic mass is 16.5. The number of methoxy groups -OCH3 is 1. The largest absolute Gasteiger partial charge is 0.469 e. The van der Waals surface area contributed by atoms with E-state index in [9.17, 15) is 9.59 Å². The zero-order chi connectivity index (χ0) is 11.7. The number of unbranched alkanes of at least 4 members (excludes halogenated alkanes) is 1. The van der Waals surface area contributed by atoms with E-state index in [0.717, 1.165) is 19.4 Å². The Morgan fingerprint density at radius 1 is 1.20 bits per heavy atom. The van der Waals surface area contributed by atoms with Gasteiger partial charge >= 0.3 is 5.97 Å². The molecule has 4 nitrogen and oxygen atoms in total. The van der Waals surface area contributed by atoms with Crippen LogP contribution in [0.25, 0.3) is 0 Å². The van der Waals surface area contributed by atoms with Gasteiger partial charge in [-0.05, 0) is 6.42 Å². The van der Waals surface area contributed by atoms with Crippen molar-refractivity contribution in [3.05, 3.63) is 0 Å². The smallest absolute Gasteiger partial charge is 0.307 e. The van der Waals surface area contributed by atoms with E-state index in [1.54, 1.807) is 4.90 Å². The first kappa shape index (κ1) is 13.9. The van der Waals surface area contributed by atoms with Crippen LogP contribution in [0, 0.1) is 0 Å². The van der Waals surface area contributed by atoms with Crippen LogP contribution in [-0.2, 0) is 14.3 Å². The van der Waals surface area contributed by atoms with Gasteiger partial charge in [-0.1, -0.05) is 20.3 Å². The molecule has 15 heavy (non-hydrogen) atoms. The van der Waals surface area contributed by atoms with E-state index < -0.39 is 0 Å². The quantitative estimate of drug-likeness (QED) is 0.606. The highest BCUT2D eigenvalue weighted by Gasteiger charge is 2.12.